The summed E-state index contributed by atoms with van der Waals surface area (Å²) < 4.78 is 5.41. The molecule has 1 fully saturated rings. The van der Waals surface area contributed by atoms with Gasteiger partial charge in [0.2, 0.25) is 0 Å². The molecule has 4 unspecified atom stereocenters. The summed E-state index contributed by atoms with van der Waals surface area (Å²) in [6.45, 7) is 3.90. The van der Waals surface area contributed by atoms with E-state index in [1.165, 1.54) is 0 Å². The predicted molar refractivity (Wildman–Crippen MR) is 41.2 cm³/mol. The fourth-order valence-corrected chi connectivity index (χ4v) is 1.40. The minimum Gasteiger partial charge on any atom is -0.394 e. The van der Waals surface area contributed by atoms with Crippen molar-refractivity contribution >= 4 is 0 Å². The van der Waals surface area contributed by atoms with Gasteiger partial charge in [-0.15, -0.1) is 0 Å². The van der Waals surface area contributed by atoms with Gasteiger partial charge >= 0.3 is 0 Å². The topological polar surface area (TPSA) is 49.7 Å². The van der Waals surface area contributed by atoms with Crippen LogP contribution in [0.15, 0.2) is 0 Å². The van der Waals surface area contributed by atoms with Gasteiger partial charge in [0.15, 0.2) is 0 Å². The molecule has 0 aliphatic carbocycles. The van der Waals surface area contributed by atoms with Crippen molar-refractivity contribution in [2.75, 3.05) is 6.61 Å². The van der Waals surface area contributed by atoms with E-state index in [1.54, 1.807) is 0 Å². The van der Waals surface area contributed by atoms with Gasteiger partial charge in [0.25, 0.3) is 0 Å². The van der Waals surface area contributed by atoms with Crippen LogP contribution in [0.4, 0.5) is 0 Å². The van der Waals surface area contributed by atoms with Gasteiger partial charge in [0.05, 0.1) is 24.9 Å². The second kappa shape index (κ2) is 8.86. The summed E-state index contributed by atoms with van der Waals surface area (Å²) in [6, 6.07) is 0. The Labute approximate surface area is 151 Å². The van der Waals surface area contributed by atoms with E-state index >= 15 is 0 Å². The zero-order chi connectivity index (χ0) is 8.43. The first-order valence-electron chi connectivity index (χ1n) is 4.09. The summed E-state index contributed by atoms with van der Waals surface area (Å²) in [7, 11) is 0. The van der Waals surface area contributed by atoms with Gasteiger partial charge in [-0.1, -0.05) is 6.92 Å². The van der Waals surface area contributed by atoms with Crippen molar-refractivity contribution in [1.29, 1.82) is 0 Å². The van der Waals surface area contributed by atoms with Crippen LogP contribution in [0.2, 0.25) is 0 Å². The average molecular weight is 614 g/mol. The van der Waals surface area contributed by atoms with Crippen molar-refractivity contribution < 1.29 is 103 Å². The Morgan fingerprint density at radius 3 is 2.23 bits per heavy atom. The van der Waals surface area contributed by atoms with Crippen LogP contribution in [0.25, 0.3) is 0 Å². The SMILES string of the molecule is CC1OC(CO)CC(O)C1C.[Ac].[Ac]. The molecule has 3 nitrogen and oxygen atoms in total. The average Bonchev–Trinajstić information content (AvgIpc) is 1.99. The summed E-state index contributed by atoms with van der Waals surface area (Å²) in [4.78, 5) is 0. The molecule has 0 aromatic carbocycles. The molecule has 1 heterocycles. The standard InChI is InChI=1S/C8H16O3.2Ac/c1-5-6(2)11-7(4-9)3-8(5)10;;/h5-10H,3-4H2,1-2H3;;. The molecular formula is C8H16Ac2O3. The fraction of sp³-hybridized carbons (Fsp3) is 1.00. The number of aliphatic hydroxyl groups excluding tert-OH is 2. The van der Waals surface area contributed by atoms with E-state index in [1.807, 2.05) is 13.8 Å². The minimum absolute atomic E-state index is 0. The molecule has 0 aromatic rings. The Morgan fingerprint density at radius 2 is 1.85 bits per heavy atom. The third kappa shape index (κ3) is 5.58. The van der Waals surface area contributed by atoms with Gasteiger partial charge in [-0.2, -0.15) is 0 Å². The van der Waals surface area contributed by atoms with Gasteiger partial charge in [-0.25, -0.2) is 0 Å². The largest absolute Gasteiger partial charge is 0.394 e. The summed E-state index contributed by atoms with van der Waals surface area (Å²) in [5.41, 5.74) is 0. The number of hydrogen-bond donors (Lipinski definition) is 2. The fourth-order valence-electron chi connectivity index (χ4n) is 1.40. The normalized spacial score (nSPS) is 38.8. The zero-order valence-corrected chi connectivity index (χ0v) is 17.7. The maximum Gasteiger partial charge on any atom is 0.0834 e. The summed E-state index contributed by atoms with van der Waals surface area (Å²) >= 11 is 0. The molecule has 13 heavy (non-hydrogen) atoms. The van der Waals surface area contributed by atoms with Gasteiger partial charge in [0.1, 0.15) is 0 Å². The molecule has 0 amide bonds. The van der Waals surface area contributed by atoms with Gasteiger partial charge in [-0.05, 0) is 6.92 Å². The smallest absolute Gasteiger partial charge is 0.0834 e. The molecule has 0 aromatic heterocycles. The second-order valence-electron chi connectivity index (χ2n) is 3.31. The van der Waals surface area contributed by atoms with Crippen molar-refractivity contribution in [1.82, 2.24) is 0 Å². The van der Waals surface area contributed by atoms with E-state index in [0.29, 0.717) is 6.42 Å². The molecule has 5 heteroatoms. The van der Waals surface area contributed by atoms with E-state index in [4.69, 9.17) is 9.84 Å². The number of hydrogen-bond acceptors (Lipinski definition) is 3. The van der Waals surface area contributed by atoms with Crippen LogP contribution in [0.5, 0.6) is 0 Å². The van der Waals surface area contributed by atoms with Gasteiger partial charge in [0, 0.05) is 100 Å². The summed E-state index contributed by atoms with van der Waals surface area (Å²) in [6.07, 6.45) is 0.116. The maximum absolute atomic E-state index is 9.46. The first-order valence-corrected chi connectivity index (χ1v) is 4.09. The van der Waals surface area contributed by atoms with Crippen molar-refractivity contribution in [3.63, 3.8) is 0 Å². The molecule has 72 valence electrons. The Hall–Kier alpha value is 2.76. The molecule has 4 atom stereocenters. The van der Waals surface area contributed by atoms with E-state index in [0.717, 1.165) is 0 Å². The quantitative estimate of drug-likeness (QED) is 0.443. The third-order valence-electron chi connectivity index (χ3n) is 2.46. The summed E-state index contributed by atoms with van der Waals surface area (Å²) in [5, 5.41) is 18.2. The molecule has 2 radical (unpaired) electrons. The molecule has 1 aliphatic heterocycles. The van der Waals surface area contributed by atoms with Crippen molar-refractivity contribution in [3.8, 4) is 0 Å². The molecular weight excluding hydrogens is 598 g/mol. The Morgan fingerprint density at radius 1 is 1.31 bits per heavy atom. The van der Waals surface area contributed by atoms with E-state index in [-0.39, 0.29) is 119 Å². The van der Waals surface area contributed by atoms with Gasteiger partial charge < -0.3 is 14.9 Å². The molecule has 2 N–H and O–H groups in total. The minimum atomic E-state index is -0.323. The molecule has 1 saturated heterocycles. The van der Waals surface area contributed by atoms with Crippen LogP contribution in [0.1, 0.15) is 20.3 Å². The molecule has 1 rings (SSSR count). The van der Waals surface area contributed by atoms with Crippen LogP contribution in [0, 0.1) is 94.0 Å². The Balaban J connectivity index is 0. The van der Waals surface area contributed by atoms with E-state index in [9.17, 15) is 5.11 Å². The third-order valence-corrected chi connectivity index (χ3v) is 2.46. The van der Waals surface area contributed by atoms with Crippen LogP contribution < -0.4 is 0 Å². The van der Waals surface area contributed by atoms with Crippen LogP contribution in [-0.4, -0.2) is 35.1 Å². The summed E-state index contributed by atoms with van der Waals surface area (Å²) in [5.74, 6) is 0.179. The molecule has 0 saturated carbocycles. The molecule has 1 aliphatic rings. The van der Waals surface area contributed by atoms with E-state index < -0.39 is 0 Å². The number of ether oxygens (including phenoxy) is 1. The van der Waals surface area contributed by atoms with Crippen molar-refractivity contribution in [2.45, 2.75) is 38.6 Å². The number of aliphatic hydroxyl groups is 2. The Bertz CT molecular complexity index is 123. The monoisotopic (exact) mass is 614 g/mol. The van der Waals surface area contributed by atoms with Crippen LogP contribution in [-0.2, 0) is 4.74 Å². The first kappa shape index (κ1) is 18.1. The first-order chi connectivity index (χ1) is 5.15. The molecule has 0 bridgehead atoms. The van der Waals surface area contributed by atoms with Crippen molar-refractivity contribution in [3.05, 3.63) is 0 Å². The zero-order valence-electron chi connectivity index (χ0n) is 8.18. The van der Waals surface area contributed by atoms with Gasteiger partial charge in [-0.3, -0.25) is 0 Å². The Kier molecular flexibility index (Phi) is 12.4. The van der Waals surface area contributed by atoms with E-state index in [2.05, 4.69) is 0 Å². The van der Waals surface area contributed by atoms with Crippen LogP contribution in [0.3, 0.4) is 0 Å². The predicted octanol–water partition coefficient (Wildman–Crippen LogP) is 0.153. The van der Waals surface area contributed by atoms with Crippen LogP contribution >= 0.6 is 0 Å². The molecule has 0 spiro atoms. The second-order valence-corrected chi connectivity index (χ2v) is 3.31. The van der Waals surface area contributed by atoms with Crippen molar-refractivity contribution in [2.24, 2.45) is 5.92 Å². The number of rotatable bonds is 1. The maximum atomic E-state index is 9.46.